The molecule has 1 aromatic heterocycles. The Morgan fingerprint density at radius 1 is 1.47 bits per heavy atom. The zero-order valence-corrected chi connectivity index (χ0v) is 11.2. The molecule has 4 nitrogen and oxygen atoms in total. The van der Waals surface area contributed by atoms with Crippen molar-refractivity contribution in [1.82, 2.24) is 14.9 Å². The molecule has 1 aromatic rings. The Labute approximate surface area is 109 Å². The Morgan fingerprint density at radius 2 is 2.35 bits per heavy atom. The van der Waals surface area contributed by atoms with Crippen molar-refractivity contribution in [2.45, 2.75) is 18.9 Å². The fraction of sp³-hybridized carbons (Fsp3) is 0.636. The molecule has 1 saturated heterocycles. The van der Waals surface area contributed by atoms with Gasteiger partial charge in [-0.3, -0.25) is 4.39 Å². The Kier molecular flexibility index (Phi) is 4.67. The molecule has 0 aromatic carbocycles. The van der Waals surface area contributed by atoms with Gasteiger partial charge in [0.25, 0.3) is 0 Å². The van der Waals surface area contributed by atoms with E-state index in [1.54, 1.807) is 12.4 Å². The van der Waals surface area contributed by atoms with E-state index in [0.717, 1.165) is 36.5 Å². The molecular formula is C11H16BrFN4. The molecule has 6 heteroatoms. The van der Waals surface area contributed by atoms with Crippen molar-refractivity contribution in [2.24, 2.45) is 0 Å². The van der Waals surface area contributed by atoms with Crippen LogP contribution in [0.25, 0.3) is 0 Å². The van der Waals surface area contributed by atoms with E-state index in [4.69, 9.17) is 0 Å². The lowest BCUT2D eigenvalue weighted by Crippen LogP contribution is -2.27. The zero-order chi connectivity index (χ0) is 12.1. The maximum atomic E-state index is 12.1. The van der Waals surface area contributed by atoms with Crippen LogP contribution in [0.4, 0.5) is 10.2 Å². The first-order chi connectivity index (χ1) is 8.28. The number of alkyl halides is 1. The van der Waals surface area contributed by atoms with Crippen molar-refractivity contribution in [2.75, 3.05) is 31.6 Å². The van der Waals surface area contributed by atoms with E-state index in [0.29, 0.717) is 12.5 Å². The Bertz CT molecular complexity index is 346. The van der Waals surface area contributed by atoms with Crippen LogP contribution in [0, 0.1) is 0 Å². The number of nitrogens with one attached hydrogen (secondary N) is 1. The minimum atomic E-state index is -0.229. The summed E-state index contributed by atoms with van der Waals surface area (Å²) in [6, 6.07) is 0.394. The van der Waals surface area contributed by atoms with Gasteiger partial charge in [-0.15, -0.1) is 0 Å². The molecule has 1 atom stereocenters. The first-order valence-electron chi connectivity index (χ1n) is 5.80. The van der Waals surface area contributed by atoms with E-state index in [9.17, 15) is 4.39 Å². The third kappa shape index (κ3) is 3.89. The van der Waals surface area contributed by atoms with Crippen LogP contribution in [0.5, 0.6) is 0 Å². The van der Waals surface area contributed by atoms with E-state index in [2.05, 4.69) is 36.1 Å². The number of nitrogens with zero attached hydrogens (tertiary/aromatic N) is 3. The minimum Gasteiger partial charge on any atom is -0.365 e. The van der Waals surface area contributed by atoms with Gasteiger partial charge in [-0.2, -0.15) is 0 Å². The third-order valence-electron chi connectivity index (χ3n) is 2.85. The molecule has 0 saturated carbocycles. The predicted octanol–water partition coefficient (Wildman–Crippen LogP) is 2.08. The molecule has 1 aliphatic rings. The van der Waals surface area contributed by atoms with Gasteiger partial charge in [0, 0.05) is 25.7 Å². The molecular weight excluding hydrogens is 287 g/mol. The molecule has 1 fully saturated rings. The standard InChI is InChI=1S/C11H16BrFN4/c12-10-6-15-11(7-14-10)16-9-2-5-17(8-9)4-1-3-13/h6-7,9H,1-5,8H2,(H,15,16)/t9-/m0/s1. The van der Waals surface area contributed by atoms with Crippen LogP contribution in [0.15, 0.2) is 17.0 Å². The molecule has 0 spiro atoms. The molecule has 1 N–H and O–H groups in total. The van der Waals surface area contributed by atoms with Gasteiger partial charge in [-0.25, -0.2) is 9.97 Å². The normalized spacial score (nSPS) is 20.7. The SMILES string of the molecule is FCCCN1CC[C@H](Nc2cnc(Br)cn2)C1. The highest BCUT2D eigenvalue weighted by molar-refractivity contribution is 9.10. The van der Waals surface area contributed by atoms with Gasteiger partial charge in [0.15, 0.2) is 0 Å². The topological polar surface area (TPSA) is 41.0 Å². The van der Waals surface area contributed by atoms with E-state index < -0.39 is 0 Å². The highest BCUT2D eigenvalue weighted by Gasteiger charge is 2.21. The molecule has 0 unspecified atom stereocenters. The van der Waals surface area contributed by atoms with Crippen molar-refractivity contribution in [1.29, 1.82) is 0 Å². The van der Waals surface area contributed by atoms with Crippen LogP contribution < -0.4 is 5.32 Å². The lowest BCUT2D eigenvalue weighted by molar-refractivity contribution is 0.310. The fourth-order valence-corrected chi connectivity index (χ4v) is 2.24. The maximum Gasteiger partial charge on any atom is 0.144 e. The highest BCUT2D eigenvalue weighted by atomic mass is 79.9. The number of rotatable bonds is 5. The van der Waals surface area contributed by atoms with Gasteiger partial charge in [-0.05, 0) is 28.8 Å². The summed E-state index contributed by atoms with van der Waals surface area (Å²) in [7, 11) is 0. The van der Waals surface area contributed by atoms with Crippen molar-refractivity contribution in [3.05, 3.63) is 17.0 Å². The van der Waals surface area contributed by atoms with E-state index in [-0.39, 0.29) is 6.67 Å². The molecule has 0 radical (unpaired) electrons. The van der Waals surface area contributed by atoms with Crippen LogP contribution >= 0.6 is 15.9 Å². The molecule has 2 heterocycles. The highest BCUT2D eigenvalue weighted by Crippen LogP contribution is 2.14. The van der Waals surface area contributed by atoms with Crippen LogP contribution in [0.2, 0.25) is 0 Å². The van der Waals surface area contributed by atoms with Gasteiger partial charge in [0.05, 0.1) is 19.1 Å². The monoisotopic (exact) mass is 302 g/mol. The number of anilines is 1. The molecule has 94 valence electrons. The van der Waals surface area contributed by atoms with Gasteiger partial charge in [0.2, 0.25) is 0 Å². The minimum absolute atomic E-state index is 0.229. The van der Waals surface area contributed by atoms with Gasteiger partial charge < -0.3 is 10.2 Å². The molecule has 1 aliphatic heterocycles. The number of hydrogen-bond donors (Lipinski definition) is 1. The molecule has 0 aliphatic carbocycles. The van der Waals surface area contributed by atoms with Crippen LogP contribution in [0.1, 0.15) is 12.8 Å². The molecule has 0 bridgehead atoms. The molecule has 2 rings (SSSR count). The van der Waals surface area contributed by atoms with Gasteiger partial charge in [0.1, 0.15) is 10.4 Å². The second-order valence-corrected chi connectivity index (χ2v) is 5.01. The average Bonchev–Trinajstić information content (AvgIpc) is 2.77. The smallest absolute Gasteiger partial charge is 0.144 e. The molecule has 0 amide bonds. The largest absolute Gasteiger partial charge is 0.365 e. The van der Waals surface area contributed by atoms with Crippen LogP contribution in [-0.2, 0) is 0 Å². The Balaban J connectivity index is 1.79. The number of likely N-dealkylation sites (tertiary alicyclic amines) is 1. The summed E-state index contributed by atoms with van der Waals surface area (Å²) < 4.78 is 12.8. The summed E-state index contributed by atoms with van der Waals surface area (Å²) in [5, 5.41) is 3.34. The van der Waals surface area contributed by atoms with E-state index in [1.807, 2.05) is 0 Å². The first-order valence-corrected chi connectivity index (χ1v) is 6.59. The van der Waals surface area contributed by atoms with E-state index >= 15 is 0 Å². The summed E-state index contributed by atoms with van der Waals surface area (Å²) >= 11 is 3.25. The van der Waals surface area contributed by atoms with Crippen molar-refractivity contribution < 1.29 is 4.39 Å². The average molecular weight is 303 g/mol. The third-order valence-corrected chi connectivity index (χ3v) is 3.26. The molecule has 17 heavy (non-hydrogen) atoms. The van der Waals surface area contributed by atoms with E-state index in [1.165, 1.54) is 0 Å². The maximum absolute atomic E-state index is 12.1. The summed E-state index contributed by atoms with van der Waals surface area (Å²) in [6.07, 6.45) is 5.10. The zero-order valence-electron chi connectivity index (χ0n) is 9.57. The lowest BCUT2D eigenvalue weighted by atomic mass is 10.3. The number of hydrogen-bond acceptors (Lipinski definition) is 4. The summed E-state index contributed by atoms with van der Waals surface area (Å²) in [4.78, 5) is 10.6. The lowest BCUT2D eigenvalue weighted by Gasteiger charge is -2.16. The Hall–Kier alpha value is -0.750. The second-order valence-electron chi connectivity index (χ2n) is 4.20. The van der Waals surface area contributed by atoms with Crippen molar-refractivity contribution in [3.63, 3.8) is 0 Å². The number of halogens is 2. The van der Waals surface area contributed by atoms with Crippen molar-refractivity contribution in [3.8, 4) is 0 Å². The Morgan fingerprint density at radius 3 is 3.06 bits per heavy atom. The van der Waals surface area contributed by atoms with Crippen LogP contribution in [-0.4, -0.2) is 47.2 Å². The summed E-state index contributed by atoms with van der Waals surface area (Å²) in [5.74, 6) is 0.797. The predicted molar refractivity (Wildman–Crippen MR) is 68.8 cm³/mol. The quantitative estimate of drug-likeness (QED) is 0.904. The van der Waals surface area contributed by atoms with Gasteiger partial charge in [-0.1, -0.05) is 0 Å². The van der Waals surface area contributed by atoms with Crippen LogP contribution in [0.3, 0.4) is 0 Å². The summed E-state index contributed by atoms with van der Waals surface area (Å²) in [5.41, 5.74) is 0. The number of aromatic nitrogens is 2. The van der Waals surface area contributed by atoms with Gasteiger partial charge >= 0.3 is 0 Å². The second kappa shape index (κ2) is 6.26. The summed E-state index contributed by atoms with van der Waals surface area (Å²) in [6.45, 7) is 2.60. The van der Waals surface area contributed by atoms with Crippen molar-refractivity contribution >= 4 is 21.7 Å². The first kappa shape index (κ1) is 12.7. The fourth-order valence-electron chi connectivity index (χ4n) is 2.03.